The Balaban J connectivity index is 1.64. The SMILES string of the molecule is CC(=O)N(C)C1CCN(c2cc(-c3ccc(Sc4ccccc4C(C)C)c(C(F)(F)F)c3)ccn2)C1. The van der Waals surface area contributed by atoms with E-state index < -0.39 is 11.7 Å². The highest BCUT2D eigenvalue weighted by Gasteiger charge is 2.34. The number of rotatable bonds is 6. The van der Waals surface area contributed by atoms with E-state index in [9.17, 15) is 18.0 Å². The molecule has 1 aliphatic heterocycles. The molecule has 0 spiro atoms. The topological polar surface area (TPSA) is 36.4 Å². The lowest BCUT2D eigenvalue weighted by Gasteiger charge is -2.24. The molecule has 0 N–H and O–H groups in total. The van der Waals surface area contributed by atoms with Crippen LogP contribution in [0.25, 0.3) is 11.1 Å². The number of halogens is 3. The van der Waals surface area contributed by atoms with Gasteiger partial charge in [-0.15, -0.1) is 0 Å². The number of alkyl halides is 3. The van der Waals surface area contributed by atoms with Gasteiger partial charge in [0.1, 0.15) is 5.82 Å². The molecule has 4 nitrogen and oxygen atoms in total. The lowest BCUT2D eigenvalue weighted by atomic mass is 10.0. The zero-order chi connectivity index (χ0) is 26.0. The Bertz CT molecular complexity index is 1240. The summed E-state index contributed by atoms with van der Waals surface area (Å²) < 4.78 is 42.4. The van der Waals surface area contributed by atoms with Gasteiger partial charge < -0.3 is 9.80 Å². The number of likely N-dealkylation sites (N-methyl/N-ethyl adjacent to an activating group) is 1. The Hall–Kier alpha value is -3.00. The van der Waals surface area contributed by atoms with E-state index in [-0.39, 0.29) is 22.8 Å². The van der Waals surface area contributed by atoms with Gasteiger partial charge in [-0.3, -0.25) is 4.79 Å². The van der Waals surface area contributed by atoms with Crippen molar-refractivity contribution < 1.29 is 18.0 Å². The number of pyridine rings is 1. The number of hydrogen-bond acceptors (Lipinski definition) is 4. The van der Waals surface area contributed by atoms with Gasteiger partial charge in [-0.05, 0) is 59.4 Å². The van der Waals surface area contributed by atoms with Crippen molar-refractivity contribution in [3.05, 3.63) is 71.9 Å². The lowest BCUT2D eigenvalue weighted by Crippen LogP contribution is -2.37. The molecule has 0 aliphatic carbocycles. The summed E-state index contributed by atoms with van der Waals surface area (Å²) in [6.07, 6.45) is -2.04. The average molecular weight is 514 g/mol. The zero-order valence-corrected chi connectivity index (χ0v) is 21.7. The van der Waals surface area contributed by atoms with Gasteiger partial charge in [-0.25, -0.2) is 4.98 Å². The maximum Gasteiger partial charge on any atom is 0.417 e. The van der Waals surface area contributed by atoms with Gasteiger partial charge >= 0.3 is 6.18 Å². The quantitative estimate of drug-likeness (QED) is 0.352. The number of nitrogens with zero attached hydrogens (tertiary/aromatic N) is 3. The van der Waals surface area contributed by atoms with E-state index in [2.05, 4.69) is 9.88 Å². The van der Waals surface area contributed by atoms with Crippen molar-refractivity contribution in [1.82, 2.24) is 9.88 Å². The zero-order valence-electron chi connectivity index (χ0n) is 20.8. The van der Waals surface area contributed by atoms with Crippen LogP contribution in [0, 0.1) is 0 Å². The molecule has 0 saturated carbocycles. The largest absolute Gasteiger partial charge is 0.417 e. The summed E-state index contributed by atoms with van der Waals surface area (Å²) in [5, 5.41) is 0. The molecule has 1 fully saturated rings. The monoisotopic (exact) mass is 513 g/mol. The molecule has 1 amide bonds. The maximum atomic E-state index is 14.1. The summed E-state index contributed by atoms with van der Waals surface area (Å²) in [6, 6.07) is 15.8. The minimum absolute atomic E-state index is 0.0113. The van der Waals surface area contributed by atoms with E-state index in [4.69, 9.17) is 0 Å². The molecule has 8 heteroatoms. The Labute approximate surface area is 214 Å². The van der Waals surface area contributed by atoms with Crippen molar-refractivity contribution in [2.24, 2.45) is 0 Å². The molecule has 190 valence electrons. The number of carbonyl (C=O) groups excluding carboxylic acids is 1. The predicted octanol–water partition coefficient (Wildman–Crippen LogP) is 7.10. The van der Waals surface area contributed by atoms with E-state index in [1.165, 1.54) is 6.07 Å². The van der Waals surface area contributed by atoms with Crippen LogP contribution in [0.15, 0.2) is 70.6 Å². The second-order valence-electron chi connectivity index (χ2n) is 9.42. The minimum Gasteiger partial charge on any atom is -0.354 e. The first kappa shape index (κ1) is 26.1. The van der Waals surface area contributed by atoms with Crippen molar-refractivity contribution in [2.45, 2.75) is 55.1 Å². The number of aromatic nitrogens is 1. The predicted molar refractivity (Wildman–Crippen MR) is 138 cm³/mol. The number of carbonyl (C=O) groups is 1. The fourth-order valence-corrected chi connectivity index (χ4v) is 5.71. The molecular weight excluding hydrogens is 483 g/mol. The summed E-state index contributed by atoms with van der Waals surface area (Å²) in [6.45, 7) is 7.00. The van der Waals surface area contributed by atoms with Gasteiger partial charge in [-0.1, -0.05) is 49.9 Å². The fourth-order valence-electron chi connectivity index (χ4n) is 4.48. The first-order valence-corrected chi connectivity index (χ1v) is 12.8. The van der Waals surface area contributed by atoms with Gasteiger partial charge in [-0.2, -0.15) is 13.2 Å². The van der Waals surface area contributed by atoms with Gasteiger partial charge in [0, 0.05) is 43.0 Å². The van der Waals surface area contributed by atoms with E-state index in [1.807, 2.05) is 44.2 Å². The van der Waals surface area contributed by atoms with E-state index >= 15 is 0 Å². The molecule has 0 bridgehead atoms. The third-order valence-electron chi connectivity index (χ3n) is 6.66. The van der Waals surface area contributed by atoms with Gasteiger partial charge in [0.05, 0.1) is 11.6 Å². The molecule has 0 radical (unpaired) electrons. The smallest absolute Gasteiger partial charge is 0.354 e. The average Bonchev–Trinajstić information content (AvgIpc) is 3.34. The molecule has 1 unspecified atom stereocenters. The second kappa shape index (κ2) is 10.5. The molecule has 1 atom stereocenters. The highest BCUT2D eigenvalue weighted by Crippen LogP contribution is 2.43. The summed E-state index contributed by atoms with van der Waals surface area (Å²) in [5.74, 6) is 0.917. The van der Waals surface area contributed by atoms with Crippen molar-refractivity contribution >= 4 is 23.5 Å². The Kier molecular flexibility index (Phi) is 7.64. The van der Waals surface area contributed by atoms with Crippen LogP contribution in [0.5, 0.6) is 0 Å². The van der Waals surface area contributed by atoms with Crippen LogP contribution >= 0.6 is 11.8 Å². The number of benzene rings is 2. The lowest BCUT2D eigenvalue weighted by molar-refractivity contribution is -0.139. The highest BCUT2D eigenvalue weighted by molar-refractivity contribution is 7.99. The van der Waals surface area contributed by atoms with Crippen molar-refractivity contribution in [3.63, 3.8) is 0 Å². The Morgan fingerprint density at radius 1 is 1.08 bits per heavy atom. The van der Waals surface area contributed by atoms with Crippen molar-refractivity contribution in [3.8, 4) is 11.1 Å². The number of anilines is 1. The molecule has 4 rings (SSSR count). The molecule has 1 saturated heterocycles. The fraction of sp³-hybridized carbons (Fsp3) is 0.357. The molecule has 2 aromatic carbocycles. The Morgan fingerprint density at radius 2 is 1.81 bits per heavy atom. The molecule has 2 heterocycles. The highest BCUT2D eigenvalue weighted by atomic mass is 32.2. The summed E-state index contributed by atoms with van der Waals surface area (Å²) in [5.41, 5.74) is 1.54. The number of amides is 1. The minimum atomic E-state index is -4.49. The maximum absolute atomic E-state index is 14.1. The standard InChI is InChI=1S/C28H30F3N3OS/c1-18(2)23-7-5-6-8-25(23)36-26-10-9-20(15-24(26)28(29,30)31)21-11-13-32-27(16-21)34-14-12-22(17-34)33(4)19(3)35/h5-11,13,15-16,18,22H,12,14,17H2,1-4H3. The number of hydrogen-bond donors (Lipinski definition) is 0. The molecule has 1 aliphatic rings. The summed E-state index contributed by atoms with van der Waals surface area (Å²) in [4.78, 5) is 21.0. The first-order valence-electron chi connectivity index (χ1n) is 12.0. The molecule has 1 aromatic heterocycles. The van der Waals surface area contributed by atoms with Crippen LogP contribution in [0.3, 0.4) is 0 Å². The molecular formula is C28H30F3N3OS. The normalized spacial score (nSPS) is 16.0. The first-order chi connectivity index (χ1) is 17.0. The van der Waals surface area contributed by atoms with E-state index in [0.717, 1.165) is 35.2 Å². The van der Waals surface area contributed by atoms with Crippen molar-refractivity contribution in [2.75, 3.05) is 25.0 Å². The van der Waals surface area contributed by atoms with Crippen LogP contribution in [-0.2, 0) is 11.0 Å². The van der Waals surface area contributed by atoms with Crippen LogP contribution in [0.2, 0.25) is 0 Å². The van der Waals surface area contributed by atoms with Crippen molar-refractivity contribution in [1.29, 1.82) is 0 Å². The van der Waals surface area contributed by atoms with Crippen LogP contribution in [-0.4, -0.2) is 42.0 Å². The summed E-state index contributed by atoms with van der Waals surface area (Å²) in [7, 11) is 1.79. The second-order valence-corrected chi connectivity index (χ2v) is 10.5. The van der Waals surface area contributed by atoms with Gasteiger partial charge in [0.2, 0.25) is 5.91 Å². The molecule has 36 heavy (non-hydrogen) atoms. The summed E-state index contributed by atoms with van der Waals surface area (Å²) >= 11 is 1.16. The van der Waals surface area contributed by atoms with Crippen LogP contribution in [0.1, 0.15) is 44.2 Å². The van der Waals surface area contributed by atoms with E-state index in [1.54, 1.807) is 43.3 Å². The van der Waals surface area contributed by atoms with Gasteiger partial charge in [0.15, 0.2) is 0 Å². The van der Waals surface area contributed by atoms with E-state index in [0.29, 0.717) is 23.5 Å². The van der Waals surface area contributed by atoms with Crippen LogP contribution < -0.4 is 4.90 Å². The Morgan fingerprint density at radius 3 is 2.50 bits per heavy atom. The molecule has 3 aromatic rings. The van der Waals surface area contributed by atoms with Crippen LogP contribution in [0.4, 0.5) is 19.0 Å². The third-order valence-corrected chi connectivity index (χ3v) is 7.82. The third kappa shape index (κ3) is 5.69. The van der Waals surface area contributed by atoms with Gasteiger partial charge in [0.25, 0.3) is 0 Å².